The standard InChI is InChI=1S/C15H17ClFN3O/c1-4-6-11(10(3)17)9-20-15(16)12(8-18)14(19-20)13(21)7-5-2/h4,6,8,18H,1,3,5,7,9H2,2H3/b11-6-,18-8?. The summed E-state index contributed by atoms with van der Waals surface area (Å²) in [6.45, 7) is 8.62. The summed E-state index contributed by atoms with van der Waals surface area (Å²) in [7, 11) is 0. The van der Waals surface area contributed by atoms with Crippen molar-refractivity contribution in [3.63, 3.8) is 0 Å². The molecule has 0 aliphatic carbocycles. The van der Waals surface area contributed by atoms with Crippen LogP contribution in [0.25, 0.3) is 0 Å². The minimum atomic E-state index is -0.626. The van der Waals surface area contributed by atoms with Gasteiger partial charge in [0.25, 0.3) is 0 Å². The second-order valence-corrected chi connectivity index (χ2v) is 4.72. The highest BCUT2D eigenvalue weighted by Crippen LogP contribution is 2.22. The van der Waals surface area contributed by atoms with Crippen LogP contribution in [0.3, 0.4) is 0 Å². The summed E-state index contributed by atoms with van der Waals surface area (Å²) < 4.78 is 14.6. The molecule has 0 atom stereocenters. The molecular formula is C15H17ClFN3O. The number of aromatic nitrogens is 2. The Morgan fingerprint density at radius 1 is 1.57 bits per heavy atom. The fraction of sp³-hybridized carbons (Fsp3) is 0.267. The van der Waals surface area contributed by atoms with E-state index in [0.717, 1.165) is 6.21 Å². The fourth-order valence-electron chi connectivity index (χ4n) is 1.77. The van der Waals surface area contributed by atoms with Gasteiger partial charge in [-0.05, 0) is 6.42 Å². The van der Waals surface area contributed by atoms with Crippen molar-refractivity contribution in [2.75, 3.05) is 0 Å². The van der Waals surface area contributed by atoms with Crippen molar-refractivity contribution in [1.29, 1.82) is 5.41 Å². The number of hydrogen-bond donors (Lipinski definition) is 1. The van der Waals surface area contributed by atoms with Gasteiger partial charge in [-0.2, -0.15) is 5.10 Å². The summed E-state index contributed by atoms with van der Waals surface area (Å²) in [5, 5.41) is 11.6. The van der Waals surface area contributed by atoms with E-state index in [4.69, 9.17) is 17.0 Å². The van der Waals surface area contributed by atoms with Gasteiger partial charge in [-0.15, -0.1) is 0 Å². The van der Waals surface area contributed by atoms with Crippen molar-refractivity contribution in [2.45, 2.75) is 26.3 Å². The highest BCUT2D eigenvalue weighted by Gasteiger charge is 2.20. The van der Waals surface area contributed by atoms with Gasteiger partial charge in [0.1, 0.15) is 16.7 Å². The van der Waals surface area contributed by atoms with Gasteiger partial charge in [0.15, 0.2) is 5.78 Å². The smallest absolute Gasteiger partial charge is 0.183 e. The Hall–Kier alpha value is -2.01. The molecule has 6 heteroatoms. The number of nitrogens with one attached hydrogen (secondary N) is 1. The molecule has 0 aromatic carbocycles. The highest BCUT2D eigenvalue weighted by atomic mass is 35.5. The van der Waals surface area contributed by atoms with Gasteiger partial charge in [0.2, 0.25) is 0 Å². The molecular weight excluding hydrogens is 293 g/mol. The van der Waals surface area contributed by atoms with Crippen molar-refractivity contribution < 1.29 is 9.18 Å². The lowest BCUT2D eigenvalue weighted by Gasteiger charge is -2.05. The lowest BCUT2D eigenvalue weighted by molar-refractivity contribution is 0.0976. The summed E-state index contributed by atoms with van der Waals surface area (Å²) in [5.41, 5.74) is 0.636. The number of ketones is 1. The zero-order chi connectivity index (χ0) is 16.0. The van der Waals surface area contributed by atoms with E-state index >= 15 is 0 Å². The van der Waals surface area contributed by atoms with Gasteiger partial charge in [0, 0.05) is 18.2 Å². The molecule has 4 nitrogen and oxygen atoms in total. The van der Waals surface area contributed by atoms with Gasteiger partial charge in [0.05, 0.1) is 12.1 Å². The first kappa shape index (κ1) is 17.0. The Kier molecular flexibility index (Phi) is 6.24. The van der Waals surface area contributed by atoms with Crippen molar-refractivity contribution in [3.8, 4) is 0 Å². The van der Waals surface area contributed by atoms with Crippen LogP contribution in [0.1, 0.15) is 35.8 Å². The van der Waals surface area contributed by atoms with Crippen molar-refractivity contribution in [1.82, 2.24) is 9.78 Å². The number of nitrogens with zero attached hydrogens (tertiary/aromatic N) is 2. The van der Waals surface area contributed by atoms with Gasteiger partial charge in [-0.1, -0.05) is 43.8 Å². The maximum absolute atomic E-state index is 13.3. The van der Waals surface area contributed by atoms with Gasteiger partial charge >= 0.3 is 0 Å². The quantitative estimate of drug-likeness (QED) is 0.446. The largest absolute Gasteiger partial charge is 0.308 e. The molecule has 0 aliphatic heterocycles. The van der Waals surface area contributed by atoms with Gasteiger partial charge in [-0.3, -0.25) is 4.79 Å². The Bertz CT molecular complexity index is 617. The average Bonchev–Trinajstić information content (AvgIpc) is 2.75. The number of rotatable bonds is 8. The van der Waals surface area contributed by atoms with Crippen LogP contribution in [0.4, 0.5) is 4.39 Å². The minimum absolute atomic E-state index is 0.0143. The maximum atomic E-state index is 13.3. The third-order valence-corrected chi connectivity index (χ3v) is 3.20. The van der Waals surface area contributed by atoms with E-state index in [1.165, 1.54) is 16.8 Å². The number of carbonyl (C=O) groups is 1. The highest BCUT2D eigenvalue weighted by molar-refractivity contribution is 6.33. The van der Waals surface area contributed by atoms with Crippen LogP contribution in [-0.4, -0.2) is 21.8 Å². The van der Waals surface area contributed by atoms with Crippen LogP contribution < -0.4 is 0 Å². The molecule has 0 fully saturated rings. The SMILES string of the molecule is C=C/C=C(/Cn1nc(C(=O)CCC)c(C=N)c1Cl)C(=C)F. The van der Waals surface area contributed by atoms with Crippen LogP contribution in [0.2, 0.25) is 5.15 Å². The van der Waals surface area contributed by atoms with E-state index in [9.17, 15) is 9.18 Å². The molecule has 112 valence electrons. The summed E-state index contributed by atoms with van der Waals surface area (Å²) in [6, 6.07) is 0. The normalized spacial score (nSPS) is 11.3. The van der Waals surface area contributed by atoms with E-state index in [2.05, 4.69) is 18.3 Å². The van der Waals surface area contributed by atoms with E-state index in [-0.39, 0.29) is 34.3 Å². The predicted octanol–water partition coefficient (Wildman–Crippen LogP) is 4.11. The molecule has 0 unspecified atom stereocenters. The summed E-state index contributed by atoms with van der Waals surface area (Å²) in [4.78, 5) is 12.0. The monoisotopic (exact) mass is 309 g/mol. The molecule has 21 heavy (non-hydrogen) atoms. The molecule has 0 bridgehead atoms. The molecule has 0 saturated heterocycles. The molecule has 1 heterocycles. The number of hydrogen-bond acceptors (Lipinski definition) is 3. The zero-order valence-corrected chi connectivity index (χ0v) is 12.6. The third-order valence-electron chi connectivity index (χ3n) is 2.80. The lowest BCUT2D eigenvalue weighted by Crippen LogP contribution is -2.06. The topological polar surface area (TPSA) is 58.7 Å². The summed E-state index contributed by atoms with van der Waals surface area (Å²) in [5.74, 6) is -0.815. The van der Waals surface area contributed by atoms with E-state index in [0.29, 0.717) is 12.8 Å². The Morgan fingerprint density at radius 3 is 2.71 bits per heavy atom. The molecule has 0 aliphatic rings. The van der Waals surface area contributed by atoms with Crippen LogP contribution in [0, 0.1) is 5.41 Å². The first-order chi connectivity index (χ1) is 9.96. The Balaban J connectivity index is 3.23. The van der Waals surface area contributed by atoms with Gasteiger partial charge < -0.3 is 5.41 Å². The van der Waals surface area contributed by atoms with E-state index in [1.807, 2.05) is 6.92 Å². The Labute approximate surface area is 128 Å². The first-order valence-electron chi connectivity index (χ1n) is 6.42. The van der Waals surface area contributed by atoms with Crippen molar-refractivity contribution in [2.24, 2.45) is 0 Å². The van der Waals surface area contributed by atoms with Crippen LogP contribution >= 0.6 is 11.6 Å². The second kappa shape index (κ2) is 7.69. The molecule has 1 N–H and O–H groups in total. The summed E-state index contributed by atoms with van der Waals surface area (Å²) in [6.07, 6.45) is 4.86. The Morgan fingerprint density at radius 2 is 2.24 bits per heavy atom. The molecule has 0 amide bonds. The van der Waals surface area contributed by atoms with Crippen molar-refractivity contribution >= 4 is 23.6 Å². The lowest BCUT2D eigenvalue weighted by atomic mass is 10.1. The number of halogens is 2. The zero-order valence-electron chi connectivity index (χ0n) is 11.8. The predicted molar refractivity (Wildman–Crippen MR) is 82.9 cm³/mol. The molecule has 0 radical (unpaired) electrons. The molecule has 1 aromatic heterocycles. The first-order valence-corrected chi connectivity index (χ1v) is 6.80. The third kappa shape index (κ3) is 3.98. The second-order valence-electron chi connectivity index (χ2n) is 4.36. The minimum Gasteiger partial charge on any atom is -0.308 e. The molecule has 0 saturated carbocycles. The fourth-order valence-corrected chi connectivity index (χ4v) is 2.01. The summed E-state index contributed by atoms with van der Waals surface area (Å²) >= 11 is 6.11. The average molecular weight is 310 g/mol. The number of Topliss-reactive ketones (excluding diaryl/α,β-unsaturated/α-hetero) is 1. The van der Waals surface area contributed by atoms with Crippen LogP contribution in [0.15, 0.2) is 36.7 Å². The van der Waals surface area contributed by atoms with Crippen LogP contribution in [0.5, 0.6) is 0 Å². The molecule has 1 rings (SSSR count). The van der Waals surface area contributed by atoms with Gasteiger partial charge in [-0.25, -0.2) is 9.07 Å². The van der Waals surface area contributed by atoms with E-state index in [1.54, 1.807) is 0 Å². The van der Waals surface area contributed by atoms with Crippen LogP contribution in [-0.2, 0) is 6.54 Å². The van der Waals surface area contributed by atoms with Crippen molar-refractivity contribution in [3.05, 3.63) is 53.1 Å². The van der Waals surface area contributed by atoms with E-state index < -0.39 is 5.83 Å². The molecule has 0 spiro atoms. The molecule has 1 aromatic rings. The maximum Gasteiger partial charge on any atom is 0.183 e. The number of carbonyl (C=O) groups excluding carboxylic acids is 1. The number of allylic oxidation sites excluding steroid dienone is 4.